The number of hydrogen-bond acceptors (Lipinski definition) is 4. The Hall–Kier alpha value is -2.33. The number of oxazole rings is 1. The summed E-state index contributed by atoms with van der Waals surface area (Å²) < 4.78 is 5.76. The van der Waals surface area contributed by atoms with Crippen LogP contribution in [0.5, 0.6) is 0 Å². The van der Waals surface area contributed by atoms with Gasteiger partial charge in [-0.3, -0.25) is 0 Å². The molecule has 5 heteroatoms. The topological polar surface area (TPSA) is 55.1 Å². The number of rotatable bonds is 5. The van der Waals surface area contributed by atoms with Crippen molar-refractivity contribution >= 4 is 40.7 Å². The fourth-order valence-electron chi connectivity index (χ4n) is 2.38. The van der Waals surface area contributed by atoms with Crippen LogP contribution in [0.2, 0.25) is 5.02 Å². The monoisotopic (exact) mass is 314 g/mol. The van der Waals surface area contributed by atoms with E-state index in [1.807, 2.05) is 30.3 Å². The van der Waals surface area contributed by atoms with Gasteiger partial charge in [-0.25, -0.2) is 0 Å². The molecule has 0 radical (unpaired) electrons. The van der Waals surface area contributed by atoms with Crippen molar-refractivity contribution in [2.45, 2.75) is 19.8 Å². The summed E-state index contributed by atoms with van der Waals surface area (Å²) in [5, 5.41) is 3.68. The third-order valence-electron chi connectivity index (χ3n) is 3.45. The van der Waals surface area contributed by atoms with E-state index >= 15 is 0 Å². The van der Waals surface area contributed by atoms with E-state index in [1.54, 1.807) is 6.07 Å². The Morgan fingerprint density at radius 3 is 2.86 bits per heavy atom. The molecular weight excluding hydrogens is 300 g/mol. The maximum absolute atomic E-state index is 10.7. The van der Waals surface area contributed by atoms with Gasteiger partial charge in [-0.05, 0) is 35.7 Å². The molecule has 2 aromatic carbocycles. The van der Waals surface area contributed by atoms with Gasteiger partial charge in [0.2, 0.25) is 0 Å². The van der Waals surface area contributed by atoms with Gasteiger partial charge in [0.1, 0.15) is 11.8 Å². The summed E-state index contributed by atoms with van der Waals surface area (Å²) in [6, 6.07) is 11.6. The summed E-state index contributed by atoms with van der Waals surface area (Å²) in [6.07, 6.45) is 2.08. The van der Waals surface area contributed by atoms with E-state index < -0.39 is 0 Å². The van der Waals surface area contributed by atoms with Crippen molar-refractivity contribution in [2.24, 2.45) is 0 Å². The number of halogens is 1. The van der Waals surface area contributed by atoms with Gasteiger partial charge >= 0.3 is 0 Å². The van der Waals surface area contributed by atoms with Gasteiger partial charge < -0.3 is 14.5 Å². The minimum Gasteiger partial charge on any atom is -0.423 e. The number of aryl methyl sites for hydroxylation is 1. The maximum atomic E-state index is 10.7. The number of anilines is 2. The number of nitrogens with one attached hydrogen (secondary N) is 1. The van der Waals surface area contributed by atoms with Crippen molar-refractivity contribution in [3.05, 3.63) is 52.5 Å². The lowest BCUT2D eigenvalue weighted by atomic mass is 10.1. The third-order valence-corrected chi connectivity index (χ3v) is 3.78. The molecule has 22 heavy (non-hydrogen) atoms. The quantitative estimate of drug-likeness (QED) is 0.703. The van der Waals surface area contributed by atoms with Crippen LogP contribution in [0.15, 0.2) is 40.8 Å². The average Bonchev–Trinajstić information content (AvgIpc) is 2.91. The van der Waals surface area contributed by atoms with Crippen molar-refractivity contribution in [1.29, 1.82) is 0 Å². The first-order valence-corrected chi connectivity index (χ1v) is 7.46. The Morgan fingerprint density at radius 1 is 1.32 bits per heavy atom. The molecule has 0 unspecified atom stereocenters. The zero-order chi connectivity index (χ0) is 15.5. The fourth-order valence-corrected chi connectivity index (χ4v) is 2.56. The first-order chi connectivity index (χ1) is 10.7. The molecule has 112 valence electrons. The van der Waals surface area contributed by atoms with E-state index in [4.69, 9.17) is 16.0 Å². The van der Waals surface area contributed by atoms with Gasteiger partial charge in [0, 0.05) is 6.42 Å². The lowest BCUT2D eigenvalue weighted by molar-refractivity contribution is -0.107. The normalized spacial score (nSPS) is 10.8. The predicted molar refractivity (Wildman–Crippen MR) is 87.9 cm³/mol. The van der Waals surface area contributed by atoms with Gasteiger partial charge in [-0.1, -0.05) is 36.7 Å². The summed E-state index contributed by atoms with van der Waals surface area (Å²) in [5.41, 5.74) is 4.21. The standard InChI is InChI=1S/C17H15ClN2O2/c1-2-12-9-11(7-8-21)10-15-16(12)20-17(22-15)19-14-6-4-3-5-13(14)18/h3-6,8-10H,2,7H2,1H3,(H,19,20). The highest BCUT2D eigenvalue weighted by Gasteiger charge is 2.12. The number of carbonyl (C=O) groups is 1. The molecule has 0 spiro atoms. The van der Waals surface area contributed by atoms with Gasteiger partial charge in [0.15, 0.2) is 5.58 Å². The van der Waals surface area contributed by atoms with Gasteiger partial charge in [-0.2, -0.15) is 4.98 Å². The molecule has 0 bridgehead atoms. The van der Waals surface area contributed by atoms with E-state index in [1.165, 1.54) is 0 Å². The van der Waals surface area contributed by atoms with Crippen LogP contribution in [0.1, 0.15) is 18.1 Å². The summed E-state index contributed by atoms with van der Waals surface area (Å²) in [5.74, 6) is 0. The van der Waals surface area contributed by atoms with Crippen LogP contribution in [0.4, 0.5) is 11.7 Å². The number of aldehydes is 1. The molecule has 1 heterocycles. The van der Waals surface area contributed by atoms with E-state index in [9.17, 15) is 4.79 Å². The summed E-state index contributed by atoms with van der Waals surface area (Å²) in [4.78, 5) is 15.2. The number of para-hydroxylation sites is 1. The van der Waals surface area contributed by atoms with Crippen LogP contribution in [-0.2, 0) is 17.6 Å². The maximum Gasteiger partial charge on any atom is 0.300 e. The average molecular weight is 315 g/mol. The number of benzene rings is 2. The van der Waals surface area contributed by atoms with Gasteiger partial charge in [-0.15, -0.1) is 0 Å². The van der Waals surface area contributed by atoms with Crippen LogP contribution < -0.4 is 5.32 Å². The number of aromatic nitrogens is 1. The molecule has 1 N–H and O–H groups in total. The number of fused-ring (bicyclic) bond motifs is 1. The number of carbonyl (C=O) groups excluding carboxylic acids is 1. The van der Waals surface area contributed by atoms with Crippen molar-refractivity contribution in [3.8, 4) is 0 Å². The van der Waals surface area contributed by atoms with Crippen molar-refractivity contribution in [2.75, 3.05) is 5.32 Å². The fraction of sp³-hybridized carbons (Fsp3) is 0.176. The molecule has 0 aliphatic carbocycles. The second-order valence-electron chi connectivity index (χ2n) is 4.95. The Labute approximate surface area is 133 Å². The third kappa shape index (κ3) is 2.83. The second kappa shape index (κ2) is 6.20. The van der Waals surface area contributed by atoms with E-state index in [-0.39, 0.29) is 0 Å². The molecule has 3 aromatic rings. The van der Waals surface area contributed by atoms with Gasteiger partial charge in [0.25, 0.3) is 6.01 Å². The highest BCUT2D eigenvalue weighted by molar-refractivity contribution is 6.33. The lowest BCUT2D eigenvalue weighted by Gasteiger charge is -2.02. The molecule has 3 rings (SSSR count). The zero-order valence-corrected chi connectivity index (χ0v) is 12.9. The Kier molecular flexibility index (Phi) is 4.11. The van der Waals surface area contributed by atoms with Crippen molar-refractivity contribution in [1.82, 2.24) is 4.98 Å². The molecule has 0 saturated carbocycles. The summed E-state index contributed by atoms with van der Waals surface area (Å²) in [7, 11) is 0. The molecule has 0 aliphatic heterocycles. The molecule has 0 atom stereocenters. The molecule has 0 amide bonds. The molecule has 0 saturated heterocycles. The Morgan fingerprint density at radius 2 is 2.14 bits per heavy atom. The van der Waals surface area contributed by atoms with E-state index in [0.29, 0.717) is 23.0 Å². The van der Waals surface area contributed by atoms with Crippen LogP contribution in [0.3, 0.4) is 0 Å². The SMILES string of the molecule is CCc1cc(CC=O)cc2oc(Nc3ccccc3Cl)nc12. The van der Waals surface area contributed by atoms with Crippen LogP contribution in [0, 0.1) is 0 Å². The summed E-state index contributed by atoms with van der Waals surface area (Å²) >= 11 is 6.13. The zero-order valence-electron chi connectivity index (χ0n) is 12.1. The Bertz CT molecular complexity index is 827. The summed E-state index contributed by atoms with van der Waals surface area (Å²) in [6.45, 7) is 2.05. The molecular formula is C17H15ClN2O2. The first-order valence-electron chi connectivity index (χ1n) is 7.08. The van der Waals surface area contributed by atoms with E-state index in [2.05, 4.69) is 17.2 Å². The van der Waals surface area contributed by atoms with Gasteiger partial charge in [0.05, 0.1) is 10.7 Å². The smallest absolute Gasteiger partial charge is 0.300 e. The minimum absolute atomic E-state index is 0.372. The van der Waals surface area contributed by atoms with Crippen LogP contribution in [0.25, 0.3) is 11.1 Å². The highest BCUT2D eigenvalue weighted by Crippen LogP contribution is 2.29. The van der Waals surface area contributed by atoms with Crippen molar-refractivity contribution < 1.29 is 9.21 Å². The first kappa shape index (κ1) is 14.6. The minimum atomic E-state index is 0.372. The Balaban J connectivity index is 2.02. The number of nitrogens with zero attached hydrogens (tertiary/aromatic N) is 1. The molecule has 4 nitrogen and oxygen atoms in total. The second-order valence-corrected chi connectivity index (χ2v) is 5.36. The van der Waals surface area contributed by atoms with Crippen molar-refractivity contribution in [3.63, 3.8) is 0 Å². The van der Waals surface area contributed by atoms with Crippen LogP contribution >= 0.6 is 11.6 Å². The lowest BCUT2D eigenvalue weighted by Crippen LogP contribution is -1.92. The molecule has 0 fully saturated rings. The molecule has 1 aromatic heterocycles. The predicted octanol–water partition coefficient (Wildman–Crippen LogP) is 4.53. The number of hydrogen-bond donors (Lipinski definition) is 1. The highest BCUT2D eigenvalue weighted by atomic mass is 35.5. The van der Waals surface area contributed by atoms with E-state index in [0.717, 1.165) is 35.0 Å². The van der Waals surface area contributed by atoms with Crippen LogP contribution in [-0.4, -0.2) is 11.3 Å². The largest absolute Gasteiger partial charge is 0.423 e. The molecule has 0 aliphatic rings.